The molecule has 0 radical (unpaired) electrons. The van der Waals surface area contributed by atoms with E-state index in [1.807, 2.05) is 0 Å². The number of rotatable bonds is 2. The third kappa shape index (κ3) is 1.24. The Bertz CT molecular complexity index is 242. The van der Waals surface area contributed by atoms with Gasteiger partial charge in [-0.05, 0) is 12.8 Å². The summed E-state index contributed by atoms with van der Waals surface area (Å²) in [6.07, 6.45) is 1.10. The molecule has 0 heterocycles. The molecule has 60 valence electrons. The molecular weight excluding hydrogens is 146 g/mol. The van der Waals surface area contributed by atoms with Crippen LogP contribution < -0.4 is 5.32 Å². The first kappa shape index (κ1) is 7.78. The van der Waals surface area contributed by atoms with Crippen molar-refractivity contribution in [2.24, 2.45) is 0 Å². The van der Waals surface area contributed by atoms with E-state index in [9.17, 15) is 9.59 Å². The van der Waals surface area contributed by atoms with E-state index in [1.54, 1.807) is 0 Å². The summed E-state index contributed by atoms with van der Waals surface area (Å²) in [5, 5.41) is 10.9. The number of aliphatic carboxylic acids is 1. The largest absolute Gasteiger partial charge is 0.478 e. The van der Waals surface area contributed by atoms with Crippen molar-refractivity contribution < 1.29 is 14.7 Å². The zero-order valence-corrected chi connectivity index (χ0v) is 6.18. The fourth-order valence-electron chi connectivity index (χ4n) is 1.01. The lowest BCUT2D eigenvalue weighted by molar-refractivity contribution is -0.133. The lowest BCUT2D eigenvalue weighted by Crippen LogP contribution is -2.27. The lowest BCUT2D eigenvalue weighted by Gasteiger charge is -2.18. The maximum atomic E-state index is 10.9. The Morgan fingerprint density at radius 1 is 1.36 bits per heavy atom. The van der Waals surface area contributed by atoms with Gasteiger partial charge < -0.3 is 10.4 Å². The monoisotopic (exact) mass is 155 g/mol. The third-order valence-corrected chi connectivity index (χ3v) is 1.75. The SMILES string of the molecule is CNC(=O)C1=C(C(=O)O)CC1. The van der Waals surface area contributed by atoms with Gasteiger partial charge in [-0.1, -0.05) is 0 Å². The maximum absolute atomic E-state index is 10.9. The quantitative estimate of drug-likeness (QED) is 0.585. The summed E-state index contributed by atoms with van der Waals surface area (Å²) in [5.74, 6) is -1.25. The summed E-state index contributed by atoms with van der Waals surface area (Å²) in [5.41, 5.74) is 0.671. The first-order chi connectivity index (χ1) is 5.16. The number of carbonyl (C=O) groups is 2. The Kier molecular flexibility index (Phi) is 1.94. The van der Waals surface area contributed by atoms with Gasteiger partial charge in [0, 0.05) is 18.2 Å². The van der Waals surface area contributed by atoms with Gasteiger partial charge in [0.1, 0.15) is 0 Å². The molecule has 4 heteroatoms. The highest BCUT2D eigenvalue weighted by Crippen LogP contribution is 2.27. The molecule has 0 aromatic carbocycles. The fourth-order valence-corrected chi connectivity index (χ4v) is 1.01. The number of carboxylic acid groups (broad SMARTS) is 1. The summed E-state index contributed by atoms with van der Waals surface area (Å²) >= 11 is 0. The highest BCUT2D eigenvalue weighted by Gasteiger charge is 2.27. The van der Waals surface area contributed by atoms with Crippen molar-refractivity contribution in [3.8, 4) is 0 Å². The Morgan fingerprint density at radius 3 is 2.18 bits per heavy atom. The summed E-state index contributed by atoms with van der Waals surface area (Å²) in [4.78, 5) is 21.3. The van der Waals surface area contributed by atoms with Gasteiger partial charge in [-0.3, -0.25) is 4.79 Å². The topological polar surface area (TPSA) is 66.4 Å². The molecule has 0 aromatic rings. The van der Waals surface area contributed by atoms with Gasteiger partial charge in [-0.15, -0.1) is 0 Å². The molecule has 0 atom stereocenters. The van der Waals surface area contributed by atoms with E-state index in [2.05, 4.69) is 5.32 Å². The third-order valence-electron chi connectivity index (χ3n) is 1.75. The first-order valence-electron chi connectivity index (χ1n) is 3.34. The van der Waals surface area contributed by atoms with Gasteiger partial charge in [0.15, 0.2) is 0 Å². The van der Waals surface area contributed by atoms with E-state index < -0.39 is 5.97 Å². The van der Waals surface area contributed by atoms with Crippen molar-refractivity contribution in [3.63, 3.8) is 0 Å². The first-order valence-corrected chi connectivity index (χ1v) is 3.34. The second kappa shape index (κ2) is 2.74. The predicted octanol–water partition coefficient (Wildman–Crippen LogP) is -0.0926. The number of likely N-dealkylation sites (N-methyl/N-ethyl adjacent to an activating group) is 1. The molecular formula is C7H9NO3. The molecule has 1 aliphatic rings. The molecule has 0 saturated heterocycles. The minimum atomic E-state index is -0.977. The molecule has 0 saturated carbocycles. The van der Waals surface area contributed by atoms with Crippen molar-refractivity contribution in [1.29, 1.82) is 0 Å². The van der Waals surface area contributed by atoms with Crippen LogP contribution in [-0.4, -0.2) is 24.0 Å². The van der Waals surface area contributed by atoms with Gasteiger partial charge >= 0.3 is 5.97 Å². The standard InChI is InChI=1S/C7H9NO3/c1-8-6(9)4-2-3-5(4)7(10)11/h2-3H2,1H3,(H,8,9)(H,10,11). The Balaban J connectivity index is 2.81. The van der Waals surface area contributed by atoms with Crippen LogP contribution >= 0.6 is 0 Å². The average Bonchev–Trinajstić information content (AvgIpc) is 1.83. The Labute approximate surface area is 63.9 Å². The smallest absolute Gasteiger partial charge is 0.332 e. The zero-order chi connectivity index (χ0) is 8.43. The van der Waals surface area contributed by atoms with Crippen molar-refractivity contribution in [1.82, 2.24) is 5.32 Å². The summed E-state index contributed by atoms with van der Waals surface area (Å²) < 4.78 is 0. The van der Waals surface area contributed by atoms with E-state index in [0.717, 1.165) is 0 Å². The summed E-state index contributed by atoms with van der Waals surface area (Å²) in [6.45, 7) is 0. The van der Waals surface area contributed by atoms with Crippen LogP contribution in [0.1, 0.15) is 12.8 Å². The van der Waals surface area contributed by atoms with E-state index in [1.165, 1.54) is 7.05 Å². The van der Waals surface area contributed by atoms with Crippen LogP contribution in [0.5, 0.6) is 0 Å². The molecule has 1 amide bonds. The van der Waals surface area contributed by atoms with E-state index in [0.29, 0.717) is 18.4 Å². The molecule has 0 fully saturated rings. The maximum Gasteiger partial charge on any atom is 0.332 e. The molecule has 1 aliphatic carbocycles. The average molecular weight is 155 g/mol. The number of nitrogens with one attached hydrogen (secondary N) is 1. The van der Waals surface area contributed by atoms with Crippen LogP contribution in [0, 0.1) is 0 Å². The molecule has 2 N–H and O–H groups in total. The number of amides is 1. The number of carboxylic acids is 1. The van der Waals surface area contributed by atoms with Gasteiger partial charge in [0.05, 0.1) is 0 Å². The van der Waals surface area contributed by atoms with Gasteiger partial charge in [-0.2, -0.15) is 0 Å². The van der Waals surface area contributed by atoms with Crippen molar-refractivity contribution in [2.45, 2.75) is 12.8 Å². The van der Waals surface area contributed by atoms with Gasteiger partial charge in [-0.25, -0.2) is 4.79 Å². The van der Waals surface area contributed by atoms with E-state index in [4.69, 9.17) is 5.11 Å². The molecule has 0 bridgehead atoms. The minimum absolute atomic E-state index is 0.254. The number of hydrogen-bond donors (Lipinski definition) is 2. The Morgan fingerprint density at radius 2 is 1.91 bits per heavy atom. The van der Waals surface area contributed by atoms with Gasteiger partial charge in [0.25, 0.3) is 0 Å². The van der Waals surface area contributed by atoms with Crippen molar-refractivity contribution in [3.05, 3.63) is 11.1 Å². The summed E-state index contributed by atoms with van der Waals surface area (Å²) in [7, 11) is 1.49. The van der Waals surface area contributed by atoms with Crippen LogP contribution in [0.4, 0.5) is 0 Å². The van der Waals surface area contributed by atoms with Crippen molar-refractivity contribution >= 4 is 11.9 Å². The fraction of sp³-hybridized carbons (Fsp3) is 0.429. The predicted molar refractivity (Wildman–Crippen MR) is 38.0 cm³/mol. The normalized spacial score (nSPS) is 15.7. The van der Waals surface area contributed by atoms with Crippen LogP contribution in [0.15, 0.2) is 11.1 Å². The minimum Gasteiger partial charge on any atom is -0.478 e. The second-order valence-electron chi connectivity index (χ2n) is 2.34. The van der Waals surface area contributed by atoms with Crippen LogP contribution in [0.2, 0.25) is 0 Å². The van der Waals surface area contributed by atoms with Crippen LogP contribution in [0.25, 0.3) is 0 Å². The molecule has 0 unspecified atom stereocenters. The zero-order valence-electron chi connectivity index (χ0n) is 6.18. The van der Waals surface area contributed by atoms with Crippen molar-refractivity contribution in [2.75, 3.05) is 7.05 Å². The molecule has 1 rings (SSSR count). The molecule has 0 aromatic heterocycles. The molecule has 11 heavy (non-hydrogen) atoms. The van der Waals surface area contributed by atoms with E-state index in [-0.39, 0.29) is 11.5 Å². The van der Waals surface area contributed by atoms with E-state index >= 15 is 0 Å². The molecule has 4 nitrogen and oxygen atoms in total. The van der Waals surface area contributed by atoms with Crippen LogP contribution in [-0.2, 0) is 9.59 Å². The Hall–Kier alpha value is -1.32. The second-order valence-corrected chi connectivity index (χ2v) is 2.34. The number of hydrogen-bond acceptors (Lipinski definition) is 2. The lowest BCUT2D eigenvalue weighted by atomic mass is 9.88. The van der Waals surface area contributed by atoms with Crippen LogP contribution in [0.3, 0.4) is 0 Å². The number of carbonyl (C=O) groups excluding carboxylic acids is 1. The summed E-state index contributed by atoms with van der Waals surface area (Å²) in [6, 6.07) is 0. The molecule has 0 aliphatic heterocycles. The van der Waals surface area contributed by atoms with Gasteiger partial charge in [0.2, 0.25) is 5.91 Å². The highest BCUT2D eigenvalue weighted by molar-refractivity contribution is 6.04. The highest BCUT2D eigenvalue weighted by atomic mass is 16.4. The molecule has 0 spiro atoms.